The summed E-state index contributed by atoms with van der Waals surface area (Å²) in [4.78, 5) is 31.5. The van der Waals surface area contributed by atoms with E-state index in [1.54, 1.807) is 43.3 Å². The van der Waals surface area contributed by atoms with Gasteiger partial charge in [0, 0.05) is 80.6 Å². The van der Waals surface area contributed by atoms with Crippen LogP contribution in [0.2, 0.25) is 20.1 Å². The summed E-state index contributed by atoms with van der Waals surface area (Å²) in [7, 11) is 3.40. The molecular weight excluding hydrogens is 616 g/mol. The molecule has 1 fully saturated rings. The molecule has 0 radical (unpaired) electrons. The number of amides is 3. The Kier molecular flexibility index (Phi) is 11.6. The number of nitrogens with one attached hydrogen (secondary N) is 2. The van der Waals surface area contributed by atoms with Crippen LogP contribution in [0, 0.1) is 0 Å². The minimum Gasteiger partial charge on any atom is -0.369 e. The number of para-hydroxylation sites is 1. The van der Waals surface area contributed by atoms with Crippen molar-refractivity contribution in [2.45, 2.75) is 18.9 Å². The summed E-state index contributed by atoms with van der Waals surface area (Å²) in [6.45, 7) is 5.39. The highest BCUT2D eigenvalue weighted by atomic mass is 35.5. The molecule has 11 heteroatoms. The first-order chi connectivity index (χ1) is 20.1. The maximum atomic E-state index is 13.3. The smallest absolute Gasteiger partial charge is 0.314 e. The Labute approximate surface area is 267 Å². The fourth-order valence-electron chi connectivity index (χ4n) is 5.22. The van der Waals surface area contributed by atoms with E-state index in [-0.39, 0.29) is 17.9 Å². The fourth-order valence-corrected chi connectivity index (χ4v) is 6.06. The third-order valence-electron chi connectivity index (χ3n) is 7.53. The summed E-state index contributed by atoms with van der Waals surface area (Å²) in [6.07, 6.45) is 0.832. The van der Waals surface area contributed by atoms with E-state index in [0.29, 0.717) is 38.7 Å². The maximum absolute atomic E-state index is 13.3. The monoisotopic (exact) mass is 649 g/mol. The van der Waals surface area contributed by atoms with E-state index in [4.69, 9.17) is 46.4 Å². The van der Waals surface area contributed by atoms with Gasteiger partial charge >= 0.3 is 6.03 Å². The van der Waals surface area contributed by atoms with Crippen LogP contribution in [-0.2, 0) is 6.54 Å². The zero-order chi connectivity index (χ0) is 30.2. The highest BCUT2D eigenvalue weighted by molar-refractivity contribution is 6.42. The van der Waals surface area contributed by atoms with Gasteiger partial charge in [0.2, 0.25) is 0 Å². The van der Waals surface area contributed by atoms with E-state index in [9.17, 15) is 9.59 Å². The van der Waals surface area contributed by atoms with Gasteiger partial charge in [0.05, 0.1) is 10.0 Å². The van der Waals surface area contributed by atoms with Gasteiger partial charge in [0.1, 0.15) is 0 Å². The lowest BCUT2D eigenvalue weighted by Crippen LogP contribution is -2.47. The number of urea groups is 1. The Morgan fingerprint density at radius 2 is 1.60 bits per heavy atom. The molecular formula is C31H35Cl4N5O2. The molecule has 1 atom stereocenters. The number of rotatable bonds is 10. The molecule has 0 unspecified atom stereocenters. The maximum Gasteiger partial charge on any atom is 0.314 e. The van der Waals surface area contributed by atoms with Crippen molar-refractivity contribution in [3.8, 4) is 0 Å². The number of halogens is 4. The average molecular weight is 651 g/mol. The largest absolute Gasteiger partial charge is 0.369 e. The second-order valence-electron chi connectivity index (χ2n) is 10.4. The SMILES string of the molecule is CNC(=O)NCc1ccccc1N1CCN(CC[C@H](CN(C)C(=O)c2cc(Cl)cc(Cl)c2)c2ccc(Cl)c(Cl)c2)CC1. The van der Waals surface area contributed by atoms with E-state index in [2.05, 4.69) is 32.6 Å². The number of carbonyl (C=O) groups excluding carboxylic acids is 2. The molecule has 2 N–H and O–H groups in total. The number of nitrogens with zero attached hydrogens (tertiary/aromatic N) is 3. The minimum absolute atomic E-state index is 0.0397. The van der Waals surface area contributed by atoms with Crippen molar-refractivity contribution < 1.29 is 9.59 Å². The summed E-state index contributed by atoms with van der Waals surface area (Å²) in [5.74, 6) is -0.111. The number of hydrogen-bond donors (Lipinski definition) is 2. The molecule has 42 heavy (non-hydrogen) atoms. The van der Waals surface area contributed by atoms with Crippen molar-refractivity contribution in [3.63, 3.8) is 0 Å². The predicted octanol–water partition coefficient (Wildman–Crippen LogP) is 6.80. The van der Waals surface area contributed by atoms with Crippen LogP contribution < -0.4 is 15.5 Å². The molecule has 0 aromatic heterocycles. The summed E-state index contributed by atoms with van der Waals surface area (Å²) >= 11 is 24.9. The minimum atomic E-state index is -0.199. The van der Waals surface area contributed by atoms with Gasteiger partial charge in [-0.05, 0) is 60.5 Å². The summed E-state index contributed by atoms with van der Waals surface area (Å²) < 4.78 is 0. The van der Waals surface area contributed by atoms with Crippen LogP contribution in [-0.4, -0.2) is 75.1 Å². The summed E-state index contributed by atoms with van der Waals surface area (Å²) in [5, 5.41) is 7.32. The number of carbonyl (C=O) groups is 2. The second kappa shape index (κ2) is 15.2. The topological polar surface area (TPSA) is 67.9 Å². The van der Waals surface area contributed by atoms with E-state index in [1.165, 1.54) is 0 Å². The molecule has 1 aliphatic heterocycles. The molecule has 224 valence electrons. The third kappa shape index (κ3) is 8.68. The van der Waals surface area contributed by atoms with Crippen LogP contribution in [0.4, 0.5) is 10.5 Å². The van der Waals surface area contributed by atoms with Crippen molar-refractivity contribution in [2.75, 3.05) is 58.3 Å². The Bertz CT molecular complexity index is 1380. The van der Waals surface area contributed by atoms with Gasteiger partial charge in [-0.25, -0.2) is 4.79 Å². The van der Waals surface area contributed by atoms with Gasteiger partial charge in [0.25, 0.3) is 5.91 Å². The van der Waals surface area contributed by atoms with Crippen molar-refractivity contribution in [3.05, 3.63) is 97.4 Å². The van der Waals surface area contributed by atoms with Crippen molar-refractivity contribution in [1.82, 2.24) is 20.4 Å². The highest BCUT2D eigenvalue weighted by Crippen LogP contribution is 2.30. The molecule has 0 aliphatic carbocycles. The quantitative estimate of drug-likeness (QED) is 0.253. The second-order valence-corrected chi connectivity index (χ2v) is 12.1. The van der Waals surface area contributed by atoms with Crippen LogP contribution in [0.5, 0.6) is 0 Å². The molecule has 1 aliphatic rings. The van der Waals surface area contributed by atoms with E-state index < -0.39 is 0 Å². The third-order valence-corrected chi connectivity index (χ3v) is 8.71. The van der Waals surface area contributed by atoms with E-state index in [1.807, 2.05) is 24.3 Å². The van der Waals surface area contributed by atoms with Gasteiger partial charge in [-0.3, -0.25) is 9.69 Å². The van der Waals surface area contributed by atoms with Crippen LogP contribution in [0.25, 0.3) is 0 Å². The lowest BCUT2D eigenvalue weighted by atomic mass is 9.94. The van der Waals surface area contributed by atoms with Gasteiger partial charge in [0.15, 0.2) is 0 Å². The first-order valence-electron chi connectivity index (χ1n) is 13.8. The van der Waals surface area contributed by atoms with Gasteiger partial charge in [-0.15, -0.1) is 0 Å². The molecule has 3 amide bonds. The molecule has 3 aromatic carbocycles. The van der Waals surface area contributed by atoms with Crippen LogP contribution in [0.15, 0.2) is 60.7 Å². The van der Waals surface area contributed by atoms with Crippen molar-refractivity contribution in [1.29, 1.82) is 0 Å². The lowest BCUT2D eigenvalue weighted by molar-refractivity contribution is 0.0782. The highest BCUT2D eigenvalue weighted by Gasteiger charge is 2.24. The zero-order valence-electron chi connectivity index (χ0n) is 23.7. The molecule has 1 heterocycles. The Hall–Kier alpha value is -2.68. The number of anilines is 1. The molecule has 0 spiro atoms. The van der Waals surface area contributed by atoms with Gasteiger partial charge < -0.3 is 20.4 Å². The molecule has 3 aromatic rings. The van der Waals surface area contributed by atoms with Crippen LogP contribution >= 0.6 is 46.4 Å². The number of likely N-dealkylation sites (N-methyl/N-ethyl adjacent to an activating group) is 1. The van der Waals surface area contributed by atoms with Gasteiger partial charge in [-0.2, -0.15) is 0 Å². The number of benzene rings is 3. The molecule has 1 saturated heterocycles. The molecule has 0 saturated carbocycles. The normalized spacial score (nSPS) is 14.4. The Morgan fingerprint density at radius 3 is 2.26 bits per heavy atom. The first-order valence-corrected chi connectivity index (χ1v) is 15.3. The number of piperazine rings is 1. The Morgan fingerprint density at radius 1 is 0.905 bits per heavy atom. The lowest BCUT2D eigenvalue weighted by Gasteiger charge is -2.37. The van der Waals surface area contributed by atoms with Crippen LogP contribution in [0.1, 0.15) is 33.8 Å². The van der Waals surface area contributed by atoms with Gasteiger partial charge in [-0.1, -0.05) is 70.7 Å². The molecule has 7 nitrogen and oxygen atoms in total. The van der Waals surface area contributed by atoms with E-state index >= 15 is 0 Å². The van der Waals surface area contributed by atoms with Crippen molar-refractivity contribution >= 4 is 64.0 Å². The standard InChI is InChI=1S/C31H35Cl4N5O2/c1-36-31(42)37-19-22-5-3-4-6-29(22)40-13-11-39(12-14-40)10-9-23(21-7-8-27(34)28(35)17-21)20-38(2)30(41)24-15-25(32)18-26(33)16-24/h3-8,15-18,23H,9-14,19-20H2,1-2H3,(H2,36,37,42)/t23-/m1/s1. The van der Waals surface area contributed by atoms with Crippen molar-refractivity contribution in [2.24, 2.45) is 0 Å². The van der Waals surface area contributed by atoms with E-state index in [0.717, 1.165) is 56.0 Å². The number of hydrogen-bond acceptors (Lipinski definition) is 4. The average Bonchev–Trinajstić information content (AvgIpc) is 2.98. The fraction of sp³-hybridized carbons (Fsp3) is 0.355. The zero-order valence-corrected chi connectivity index (χ0v) is 26.7. The summed E-state index contributed by atoms with van der Waals surface area (Å²) in [6, 6.07) is 18.5. The molecule has 4 rings (SSSR count). The summed E-state index contributed by atoms with van der Waals surface area (Å²) in [5.41, 5.74) is 3.71. The first kappa shape index (κ1) is 32.2. The molecule has 0 bridgehead atoms. The Balaban J connectivity index is 1.40. The predicted molar refractivity (Wildman–Crippen MR) is 174 cm³/mol. The van der Waals surface area contributed by atoms with Crippen LogP contribution in [0.3, 0.4) is 0 Å².